The lowest BCUT2D eigenvalue weighted by molar-refractivity contribution is -0.139. The summed E-state index contributed by atoms with van der Waals surface area (Å²) in [5, 5.41) is 10.7. The van der Waals surface area contributed by atoms with Gasteiger partial charge in [-0.3, -0.25) is 14.4 Å². The normalized spacial score (nSPS) is 9.50. The topological polar surface area (TPSA) is 109 Å². The van der Waals surface area contributed by atoms with Crippen molar-refractivity contribution < 1.29 is 19.5 Å². The van der Waals surface area contributed by atoms with Crippen LogP contribution in [0.2, 0.25) is 0 Å². The number of carbonyl (C=O) groups excluding carboxylic acids is 2. The minimum absolute atomic E-state index is 0.140. The summed E-state index contributed by atoms with van der Waals surface area (Å²) < 4.78 is 0. The quantitative estimate of drug-likeness (QED) is 0.632. The lowest BCUT2D eigenvalue weighted by Crippen LogP contribution is -2.20. The molecule has 0 unspecified atom stereocenters. The van der Waals surface area contributed by atoms with Crippen LogP contribution in [0.5, 0.6) is 0 Å². The number of carboxylic acids is 1. The second-order valence-corrected chi connectivity index (χ2v) is 3.03. The van der Waals surface area contributed by atoms with Crippen LogP contribution in [-0.2, 0) is 9.59 Å². The van der Waals surface area contributed by atoms with Gasteiger partial charge < -0.3 is 16.2 Å². The first-order chi connectivity index (χ1) is 7.50. The average Bonchev–Trinajstić information content (AvgIpc) is 2.16. The number of para-hydroxylation sites is 1. The van der Waals surface area contributed by atoms with Crippen LogP contribution in [0, 0.1) is 0 Å². The van der Waals surface area contributed by atoms with Crippen LogP contribution in [0.4, 0.5) is 5.69 Å². The number of benzene rings is 1. The molecule has 0 bridgehead atoms. The molecule has 6 heteroatoms. The van der Waals surface area contributed by atoms with Gasteiger partial charge in [-0.2, -0.15) is 0 Å². The van der Waals surface area contributed by atoms with Gasteiger partial charge in [0, 0.05) is 0 Å². The Bertz CT molecular complexity index is 442. The fraction of sp³-hybridized carbons (Fsp3) is 0.100. The minimum atomic E-state index is -1.24. The van der Waals surface area contributed by atoms with Crippen molar-refractivity contribution >= 4 is 23.5 Å². The Hall–Kier alpha value is -2.37. The molecule has 4 N–H and O–H groups in total. The molecule has 0 aliphatic heterocycles. The Balaban J connectivity index is 2.84. The Morgan fingerprint density at radius 1 is 1.25 bits per heavy atom. The first kappa shape index (κ1) is 11.7. The fourth-order valence-corrected chi connectivity index (χ4v) is 1.14. The van der Waals surface area contributed by atoms with Gasteiger partial charge in [0.25, 0.3) is 5.91 Å². The van der Waals surface area contributed by atoms with Gasteiger partial charge in [-0.15, -0.1) is 0 Å². The molecule has 2 amide bonds. The van der Waals surface area contributed by atoms with Crippen LogP contribution in [0.3, 0.4) is 0 Å². The van der Waals surface area contributed by atoms with E-state index < -0.39 is 24.2 Å². The van der Waals surface area contributed by atoms with E-state index in [1.165, 1.54) is 12.1 Å². The maximum atomic E-state index is 11.2. The Morgan fingerprint density at radius 3 is 2.44 bits per heavy atom. The van der Waals surface area contributed by atoms with Crippen molar-refractivity contribution in [2.75, 3.05) is 5.32 Å². The van der Waals surface area contributed by atoms with Crippen LogP contribution >= 0.6 is 0 Å². The van der Waals surface area contributed by atoms with Crippen molar-refractivity contribution in [3.05, 3.63) is 29.8 Å². The lowest BCUT2D eigenvalue weighted by Gasteiger charge is -2.07. The number of aliphatic carboxylic acids is 1. The van der Waals surface area contributed by atoms with Gasteiger partial charge in [0.1, 0.15) is 6.42 Å². The van der Waals surface area contributed by atoms with Crippen molar-refractivity contribution in [3.63, 3.8) is 0 Å². The van der Waals surface area contributed by atoms with Crippen LogP contribution in [-0.4, -0.2) is 22.9 Å². The van der Waals surface area contributed by atoms with Gasteiger partial charge in [-0.1, -0.05) is 12.1 Å². The van der Waals surface area contributed by atoms with Crippen molar-refractivity contribution in [2.24, 2.45) is 5.73 Å². The minimum Gasteiger partial charge on any atom is -0.481 e. The highest BCUT2D eigenvalue weighted by Crippen LogP contribution is 2.14. The summed E-state index contributed by atoms with van der Waals surface area (Å²) in [4.78, 5) is 32.4. The Kier molecular flexibility index (Phi) is 3.60. The first-order valence-electron chi connectivity index (χ1n) is 4.41. The Labute approximate surface area is 91.1 Å². The number of nitrogens with one attached hydrogen (secondary N) is 1. The second kappa shape index (κ2) is 4.92. The number of anilines is 1. The van der Waals surface area contributed by atoms with E-state index in [0.717, 1.165) is 0 Å². The van der Waals surface area contributed by atoms with E-state index in [4.69, 9.17) is 10.8 Å². The summed E-state index contributed by atoms with van der Waals surface area (Å²) in [5.74, 6) is -2.64. The molecular weight excluding hydrogens is 212 g/mol. The largest absolute Gasteiger partial charge is 0.481 e. The molecule has 0 radical (unpaired) electrons. The number of hydrogen-bond acceptors (Lipinski definition) is 3. The predicted octanol–water partition coefficient (Wildman–Crippen LogP) is 0.199. The van der Waals surface area contributed by atoms with E-state index in [9.17, 15) is 14.4 Å². The highest BCUT2D eigenvalue weighted by molar-refractivity contribution is 6.06. The zero-order valence-electron chi connectivity index (χ0n) is 8.27. The molecule has 0 fully saturated rings. The standard InChI is InChI=1S/C10H10N2O4/c11-10(16)6-3-1-2-4-7(6)12-8(13)5-9(14)15/h1-4H,5H2,(H2,11,16)(H,12,13)(H,14,15). The number of carboxylic acid groups (broad SMARTS) is 1. The van der Waals surface area contributed by atoms with Crippen molar-refractivity contribution in [1.82, 2.24) is 0 Å². The molecule has 0 aromatic heterocycles. The third-order valence-corrected chi connectivity index (χ3v) is 1.78. The zero-order valence-corrected chi connectivity index (χ0v) is 8.27. The van der Waals surface area contributed by atoms with E-state index >= 15 is 0 Å². The number of amides is 2. The van der Waals surface area contributed by atoms with Crippen LogP contribution in [0.25, 0.3) is 0 Å². The first-order valence-corrected chi connectivity index (χ1v) is 4.41. The highest BCUT2D eigenvalue weighted by Gasteiger charge is 2.12. The molecule has 6 nitrogen and oxygen atoms in total. The van der Waals surface area contributed by atoms with Crippen molar-refractivity contribution in [2.45, 2.75) is 6.42 Å². The van der Waals surface area contributed by atoms with E-state index in [2.05, 4.69) is 5.32 Å². The molecule has 1 aromatic carbocycles. The lowest BCUT2D eigenvalue weighted by atomic mass is 10.1. The average molecular weight is 222 g/mol. The van der Waals surface area contributed by atoms with Gasteiger partial charge in [0.15, 0.2) is 0 Å². The maximum Gasteiger partial charge on any atom is 0.312 e. The van der Waals surface area contributed by atoms with Gasteiger partial charge in [0.2, 0.25) is 5.91 Å². The number of rotatable bonds is 4. The van der Waals surface area contributed by atoms with Gasteiger partial charge in [-0.25, -0.2) is 0 Å². The number of nitrogens with two attached hydrogens (primary N) is 1. The van der Waals surface area contributed by atoms with Crippen molar-refractivity contribution in [1.29, 1.82) is 0 Å². The van der Waals surface area contributed by atoms with E-state index in [1.807, 2.05) is 0 Å². The molecule has 0 atom stereocenters. The third-order valence-electron chi connectivity index (χ3n) is 1.78. The second-order valence-electron chi connectivity index (χ2n) is 3.03. The van der Waals surface area contributed by atoms with Crippen LogP contribution < -0.4 is 11.1 Å². The number of hydrogen-bond donors (Lipinski definition) is 3. The summed E-state index contributed by atoms with van der Waals surface area (Å²) in [7, 11) is 0. The molecule has 0 heterocycles. The molecule has 0 saturated carbocycles. The fourth-order valence-electron chi connectivity index (χ4n) is 1.14. The SMILES string of the molecule is NC(=O)c1ccccc1NC(=O)CC(=O)O. The van der Waals surface area contributed by atoms with E-state index in [1.54, 1.807) is 12.1 Å². The molecule has 84 valence electrons. The highest BCUT2D eigenvalue weighted by atomic mass is 16.4. The molecule has 0 aliphatic rings. The summed E-state index contributed by atoms with van der Waals surface area (Å²) in [5.41, 5.74) is 5.43. The van der Waals surface area contributed by atoms with Gasteiger partial charge in [0.05, 0.1) is 11.3 Å². The Morgan fingerprint density at radius 2 is 1.88 bits per heavy atom. The maximum absolute atomic E-state index is 11.2. The number of primary amides is 1. The van der Waals surface area contributed by atoms with E-state index in [-0.39, 0.29) is 11.3 Å². The summed E-state index contributed by atoms with van der Waals surface area (Å²) >= 11 is 0. The molecule has 1 rings (SSSR count). The predicted molar refractivity (Wildman–Crippen MR) is 55.8 cm³/mol. The number of carbonyl (C=O) groups is 3. The zero-order chi connectivity index (χ0) is 12.1. The molecular formula is C10H10N2O4. The third kappa shape index (κ3) is 3.09. The van der Waals surface area contributed by atoms with Crippen LogP contribution in [0.1, 0.15) is 16.8 Å². The monoisotopic (exact) mass is 222 g/mol. The molecule has 0 saturated heterocycles. The molecule has 0 aliphatic carbocycles. The van der Waals surface area contributed by atoms with Crippen LogP contribution in [0.15, 0.2) is 24.3 Å². The summed E-state index contributed by atoms with van der Waals surface area (Å²) in [6, 6.07) is 6.11. The van der Waals surface area contributed by atoms with Gasteiger partial charge >= 0.3 is 5.97 Å². The molecule has 1 aromatic rings. The van der Waals surface area contributed by atoms with Gasteiger partial charge in [-0.05, 0) is 12.1 Å². The summed E-state index contributed by atoms with van der Waals surface area (Å²) in [6.07, 6.45) is -0.660. The molecule has 16 heavy (non-hydrogen) atoms. The molecule has 0 spiro atoms. The summed E-state index contributed by atoms with van der Waals surface area (Å²) in [6.45, 7) is 0. The van der Waals surface area contributed by atoms with Crippen molar-refractivity contribution in [3.8, 4) is 0 Å². The van der Waals surface area contributed by atoms with E-state index in [0.29, 0.717) is 0 Å². The smallest absolute Gasteiger partial charge is 0.312 e.